The fourth-order valence-corrected chi connectivity index (χ4v) is 5.58. The van der Waals surface area contributed by atoms with Crippen molar-refractivity contribution in [2.75, 3.05) is 18.4 Å². The molecule has 9 heteroatoms. The first kappa shape index (κ1) is 18.6. The summed E-state index contributed by atoms with van der Waals surface area (Å²) in [5.41, 5.74) is 6.01. The van der Waals surface area contributed by atoms with Gasteiger partial charge in [-0.3, -0.25) is 9.59 Å². The number of hydrogen-bond donors (Lipinski definition) is 2. The molecule has 1 aromatic heterocycles. The normalized spacial score (nSPS) is 18.4. The number of amides is 2. The summed E-state index contributed by atoms with van der Waals surface area (Å²) in [5.74, 6) is -1.29. The summed E-state index contributed by atoms with van der Waals surface area (Å²) >= 11 is 1.17. The molecule has 1 aliphatic rings. The van der Waals surface area contributed by atoms with Gasteiger partial charge in [-0.15, -0.1) is 11.3 Å². The van der Waals surface area contributed by atoms with Crippen LogP contribution in [0.3, 0.4) is 0 Å². The van der Waals surface area contributed by atoms with Gasteiger partial charge in [0, 0.05) is 24.3 Å². The monoisotopic (exact) mass is 393 g/mol. The number of carbonyl (C=O) groups is 2. The average molecular weight is 393 g/mol. The molecule has 26 heavy (non-hydrogen) atoms. The van der Waals surface area contributed by atoms with E-state index < -0.39 is 21.8 Å². The Morgan fingerprint density at radius 2 is 2.04 bits per heavy atom. The molecule has 2 amide bonds. The number of nitrogens with two attached hydrogens (primary N) is 1. The van der Waals surface area contributed by atoms with E-state index in [1.165, 1.54) is 21.7 Å². The van der Waals surface area contributed by atoms with Gasteiger partial charge in [0.1, 0.15) is 4.21 Å². The van der Waals surface area contributed by atoms with Crippen molar-refractivity contribution in [2.45, 2.75) is 17.1 Å². The van der Waals surface area contributed by atoms with Crippen molar-refractivity contribution in [3.05, 3.63) is 47.3 Å². The molecule has 1 fully saturated rings. The molecule has 7 nitrogen and oxygen atoms in total. The lowest BCUT2D eigenvalue weighted by molar-refractivity contribution is -0.120. The molecule has 0 radical (unpaired) electrons. The molecule has 0 aliphatic carbocycles. The van der Waals surface area contributed by atoms with Gasteiger partial charge in [-0.1, -0.05) is 12.1 Å². The van der Waals surface area contributed by atoms with Gasteiger partial charge in [-0.05, 0) is 42.5 Å². The van der Waals surface area contributed by atoms with E-state index in [-0.39, 0.29) is 16.7 Å². The summed E-state index contributed by atoms with van der Waals surface area (Å²) in [6.45, 7) is 0.544. The third kappa shape index (κ3) is 3.95. The van der Waals surface area contributed by atoms with E-state index in [0.717, 1.165) is 0 Å². The predicted molar refractivity (Wildman–Crippen MR) is 99.4 cm³/mol. The number of carbonyl (C=O) groups excluding carboxylic acids is 2. The Morgan fingerprint density at radius 1 is 1.23 bits per heavy atom. The second-order valence-corrected chi connectivity index (χ2v) is 9.18. The van der Waals surface area contributed by atoms with E-state index in [0.29, 0.717) is 30.6 Å². The minimum atomic E-state index is -3.57. The minimum Gasteiger partial charge on any atom is -0.366 e. The van der Waals surface area contributed by atoms with E-state index in [1.807, 2.05) is 0 Å². The maximum Gasteiger partial charge on any atom is 0.252 e. The smallest absolute Gasteiger partial charge is 0.252 e. The summed E-state index contributed by atoms with van der Waals surface area (Å²) < 4.78 is 26.9. The van der Waals surface area contributed by atoms with Crippen molar-refractivity contribution in [1.29, 1.82) is 0 Å². The highest BCUT2D eigenvalue weighted by molar-refractivity contribution is 7.91. The first-order chi connectivity index (χ1) is 12.4. The Kier molecular flexibility index (Phi) is 5.40. The first-order valence-electron chi connectivity index (χ1n) is 8.12. The summed E-state index contributed by atoms with van der Waals surface area (Å²) in [5, 5.41) is 4.46. The molecule has 1 aliphatic heterocycles. The zero-order valence-corrected chi connectivity index (χ0v) is 15.6. The van der Waals surface area contributed by atoms with Crippen LogP contribution in [-0.2, 0) is 14.8 Å². The number of rotatable bonds is 5. The Hall–Kier alpha value is -2.23. The van der Waals surface area contributed by atoms with Crippen LogP contribution in [0, 0.1) is 5.92 Å². The molecule has 0 saturated carbocycles. The summed E-state index contributed by atoms with van der Waals surface area (Å²) in [6, 6.07) is 9.62. The number of anilines is 1. The van der Waals surface area contributed by atoms with Crippen LogP contribution in [0.25, 0.3) is 0 Å². The van der Waals surface area contributed by atoms with Crippen LogP contribution < -0.4 is 11.1 Å². The summed E-state index contributed by atoms with van der Waals surface area (Å²) in [6.07, 6.45) is 1.22. The highest BCUT2D eigenvalue weighted by atomic mass is 32.2. The molecule has 2 heterocycles. The van der Waals surface area contributed by atoms with Gasteiger partial charge in [0.05, 0.1) is 5.92 Å². The number of sulfonamides is 1. The van der Waals surface area contributed by atoms with Gasteiger partial charge < -0.3 is 11.1 Å². The number of nitrogens with one attached hydrogen (secondary N) is 1. The van der Waals surface area contributed by atoms with Gasteiger partial charge in [-0.25, -0.2) is 8.42 Å². The molecule has 1 saturated heterocycles. The lowest BCUT2D eigenvalue weighted by Gasteiger charge is -2.30. The van der Waals surface area contributed by atoms with Crippen molar-refractivity contribution in [1.82, 2.24) is 4.31 Å². The molecule has 0 bridgehead atoms. The summed E-state index contributed by atoms with van der Waals surface area (Å²) in [7, 11) is -3.57. The quantitative estimate of drug-likeness (QED) is 0.808. The van der Waals surface area contributed by atoms with Crippen LogP contribution in [0.2, 0.25) is 0 Å². The second kappa shape index (κ2) is 7.56. The number of nitrogens with zero attached hydrogens (tertiary/aromatic N) is 1. The molecular weight excluding hydrogens is 374 g/mol. The Bertz CT molecular complexity index is 910. The van der Waals surface area contributed by atoms with Crippen LogP contribution >= 0.6 is 11.3 Å². The van der Waals surface area contributed by atoms with Gasteiger partial charge >= 0.3 is 0 Å². The molecule has 2 aromatic rings. The summed E-state index contributed by atoms with van der Waals surface area (Å²) in [4.78, 5) is 23.8. The molecule has 0 spiro atoms. The zero-order chi connectivity index (χ0) is 18.7. The highest BCUT2D eigenvalue weighted by Gasteiger charge is 2.33. The fraction of sp³-hybridized carbons (Fsp3) is 0.294. The van der Waals surface area contributed by atoms with Crippen LogP contribution in [0.15, 0.2) is 46.0 Å². The first-order valence-corrected chi connectivity index (χ1v) is 10.4. The zero-order valence-electron chi connectivity index (χ0n) is 13.9. The van der Waals surface area contributed by atoms with Crippen molar-refractivity contribution in [2.24, 2.45) is 11.7 Å². The van der Waals surface area contributed by atoms with Gasteiger partial charge in [0.15, 0.2) is 0 Å². The molecule has 1 atom stereocenters. The number of hydrogen-bond acceptors (Lipinski definition) is 5. The molecule has 1 unspecified atom stereocenters. The number of primary amides is 1. The van der Waals surface area contributed by atoms with E-state index in [1.54, 1.807) is 35.7 Å². The van der Waals surface area contributed by atoms with Gasteiger partial charge in [-0.2, -0.15) is 4.31 Å². The van der Waals surface area contributed by atoms with E-state index in [2.05, 4.69) is 5.32 Å². The van der Waals surface area contributed by atoms with Crippen molar-refractivity contribution in [3.63, 3.8) is 0 Å². The molecule has 138 valence electrons. The third-order valence-electron chi connectivity index (χ3n) is 4.26. The van der Waals surface area contributed by atoms with E-state index >= 15 is 0 Å². The van der Waals surface area contributed by atoms with Crippen molar-refractivity contribution >= 4 is 38.9 Å². The SMILES string of the molecule is NC(=O)c1cccc(NC(=O)C2CCCN(S(=O)(=O)c3cccs3)C2)c1. The van der Waals surface area contributed by atoms with Crippen molar-refractivity contribution in [3.8, 4) is 0 Å². The molecule has 3 N–H and O–H groups in total. The molecule has 3 rings (SSSR count). The van der Waals surface area contributed by atoms with Crippen LogP contribution in [0.5, 0.6) is 0 Å². The van der Waals surface area contributed by atoms with Crippen LogP contribution in [-0.4, -0.2) is 37.6 Å². The highest BCUT2D eigenvalue weighted by Crippen LogP contribution is 2.27. The Labute approximate surface area is 155 Å². The van der Waals surface area contributed by atoms with E-state index in [9.17, 15) is 18.0 Å². The van der Waals surface area contributed by atoms with Gasteiger partial charge in [0.25, 0.3) is 10.0 Å². The lowest BCUT2D eigenvalue weighted by atomic mass is 9.98. The second-order valence-electron chi connectivity index (χ2n) is 6.07. The molecular formula is C17H19N3O4S2. The maximum atomic E-state index is 12.6. The van der Waals surface area contributed by atoms with Crippen LogP contribution in [0.1, 0.15) is 23.2 Å². The standard InChI is InChI=1S/C17H19N3O4S2/c18-16(21)12-4-1-6-14(10-12)19-17(22)13-5-2-8-20(11-13)26(23,24)15-7-3-9-25-15/h1,3-4,6-7,9-10,13H,2,5,8,11H2,(H2,18,21)(H,19,22). The fourth-order valence-electron chi connectivity index (χ4n) is 2.91. The largest absolute Gasteiger partial charge is 0.366 e. The lowest BCUT2D eigenvalue weighted by Crippen LogP contribution is -2.43. The number of piperidine rings is 1. The third-order valence-corrected chi connectivity index (χ3v) is 7.50. The van der Waals surface area contributed by atoms with Gasteiger partial charge in [0.2, 0.25) is 11.8 Å². The Morgan fingerprint density at radius 3 is 2.73 bits per heavy atom. The van der Waals surface area contributed by atoms with Crippen LogP contribution in [0.4, 0.5) is 5.69 Å². The molecule has 1 aromatic carbocycles. The number of benzene rings is 1. The average Bonchev–Trinajstić information content (AvgIpc) is 3.17. The predicted octanol–water partition coefficient (Wildman–Crippen LogP) is 1.89. The maximum absolute atomic E-state index is 12.6. The van der Waals surface area contributed by atoms with Crippen molar-refractivity contribution < 1.29 is 18.0 Å². The number of thiophene rings is 1. The minimum absolute atomic E-state index is 0.140. The topological polar surface area (TPSA) is 110 Å². The van der Waals surface area contributed by atoms with E-state index in [4.69, 9.17) is 5.73 Å². The Balaban J connectivity index is 1.70.